The van der Waals surface area contributed by atoms with Gasteiger partial charge >= 0.3 is 0 Å². The van der Waals surface area contributed by atoms with Crippen molar-refractivity contribution >= 4 is 0 Å². The molecule has 0 spiro atoms. The summed E-state index contributed by atoms with van der Waals surface area (Å²) in [5, 5.41) is 8.74. The molecule has 0 bridgehead atoms. The normalized spacial score (nSPS) is 10.7. The highest BCUT2D eigenvalue weighted by molar-refractivity contribution is 5.34. The van der Waals surface area contributed by atoms with Gasteiger partial charge in [0.1, 0.15) is 11.6 Å². The van der Waals surface area contributed by atoms with Gasteiger partial charge in [0.2, 0.25) is 0 Å². The Labute approximate surface area is 89.1 Å². The van der Waals surface area contributed by atoms with Crippen LogP contribution in [0.5, 0.6) is 5.75 Å². The molecule has 1 rings (SSSR count). The first-order valence-electron chi connectivity index (χ1n) is 4.79. The Hall–Kier alpha value is -1.13. The van der Waals surface area contributed by atoms with Gasteiger partial charge in [-0.1, -0.05) is 6.07 Å². The van der Waals surface area contributed by atoms with Gasteiger partial charge in [0.25, 0.3) is 0 Å². The molecule has 0 atom stereocenters. The first-order chi connectivity index (χ1) is 7.19. The minimum Gasteiger partial charge on any atom is -0.496 e. The van der Waals surface area contributed by atoms with Gasteiger partial charge in [0, 0.05) is 18.7 Å². The van der Waals surface area contributed by atoms with E-state index < -0.39 is 0 Å². The summed E-state index contributed by atoms with van der Waals surface area (Å²) < 4.78 is 18.5. The molecule has 1 aromatic carbocycles. The van der Waals surface area contributed by atoms with Gasteiger partial charge in [0.05, 0.1) is 13.7 Å². The molecule has 0 aliphatic rings. The third-order valence-electron chi connectivity index (χ3n) is 2.21. The smallest absolute Gasteiger partial charge is 0.131 e. The minimum absolute atomic E-state index is 0.0628. The molecule has 0 aromatic heterocycles. The summed E-state index contributed by atoms with van der Waals surface area (Å²) in [6.07, 6.45) is 0. The number of hydrogen-bond donors (Lipinski definition) is 1. The number of halogens is 1. The largest absolute Gasteiger partial charge is 0.496 e. The van der Waals surface area contributed by atoms with Crippen LogP contribution < -0.4 is 4.74 Å². The number of rotatable bonds is 5. The van der Waals surface area contributed by atoms with E-state index in [-0.39, 0.29) is 12.4 Å². The van der Waals surface area contributed by atoms with E-state index in [9.17, 15) is 4.39 Å². The first kappa shape index (κ1) is 11.9. The molecule has 0 saturated heterocycles. The van der Waals surface area contributed by atoms with Gasteiger partial charge < -0.3 is 9.84 Å². The highest BCUT2D eigenvalue weighted by Gasteiger charge is 2.10. The zero-order chi connectivity index (χ0) is 11.3. The lowest BCUT2D eigenvalue weighted by atomic mass is 10.1. The quantitative estimate of drug-likeness (QED) is 0.799. The van der Waals surface area contributed by atoms with Crippen molar-refractivity contribution in [2.75, 3.05) is 27.3 Å². The zero-order valence-corrected chi connectivity index (χ0v) is 9.03. The van der Waals surface area contributed by atoms with Crippen LogP contribution in [0.1, 0.15) is 5.56 Å². The van der Waals surface area contributed by atoms with Crippen molar-refractivity contribution in [3.63, 3.8) is 0 Å². The van der Waals surface area contributed by atoms with Gasteiger partial charge in [-0.3, -0.25) is 4.90 Å². The highest BCUT2D eigenvalue weighted by atomic mass is 19.1. The van der Waals surface area contributed by atoms with Crippen molar-refractivity contribution in [2.24, 2.45) is 0 Å². The average molecular weight is 213 g/mol. The van der Waals surface area contributed by atoms with Crippen molar-refractivity contribution in [1.29, 1.82) is 0 Å². The second kappa shape index (κ2) is 5.68. The second-order valence-corrected chi connectivity index (χ2v) is 3.38. The van der Waals surface area contributed by atoms with E-state index in [1.165, 1.54) is 13.2 Å². The number of aliphatic hydroxyl groups is 1. The topological polar surface area (TPSA) is 32.7 Å². The predicted octanol–water partition coefficient (Wildman–Crippen LogP) is 1.26. The molecule has 0 fully saturated rings. The number of nitrogens with zero attached hydrogens (tertiary/aromatic N) is 1. The number of benzene rings is 1. The molecule has 0 radical (unpaired) electrons. The number of aliphatic hydroxyl groups excluding tert-OH is 1. The zero-order valence-electron chi connectivity index (χ0n) is 9.03. The molecule has 0 saturated carbocycles. The molecule has 0 heterocycles. The summed E-state index contributed by atoms with van der Waals surface area (Å²) in [7, 11) is 3.34. The molecule has 84 valence electrons. The van der Waals surface area contributed by atoms with E-state index in [1.54, 1.807) is 12.1 Å². The molecule has 1 N–H and O–H groups in total. The summed E-state index contributed by atoms with van der Waals surface area (Å²) in [5.41, 5.74) is 0.524. The van der Waals surface area contributed by atoms with Gasteiger partial charge in [-0.25, -0.2) is 4.39 Å². The predicted molar refractivity (Wildman–Crippen MR) is 56.4 cm³/mol. The maximum Gasteiger partial charge on any atom is 0.131 e. The fourth-order valence-corrected chi connectivity index (χ4v) is 1.40. The fraction of sp³-hybridized carbons (Fsp3) is 0.455. The van der Waals surface area contributed by atoms with Gasteiger partial charge in [-0.2, -0.15) is 0 Å². The van der Waals surface area contributed by atoms with Crippen molar-refractivity contribution < 1.29 is 14.2 Å². The summed E-state index contributed by atoms with van der Waals surface area (Å²) in [6, 6.07) is 4.75. The van der Waals surface area contributed by atoms with Crippen LogP contribution in [-0.4, -0.2) is 37.3 Å². The Morgan fingerprint density at radius 3 is 2.80 bits per heavy atom. The van der Waals surface area contributed by atoms with Gasteiger partial charge in [0.15, 0.2) is 0 Å². The molecule has 0 amide bonds. The number of hydrogen-bond acceptors (Lipinski definition) is 3. The van der Waals surface area contributed by atoms with Crippen LogP contribution in [0.4, 0.5) is 4.39 Å². The maximum absolute atomic E-state index is 13.5. The van der Waals surface area contributed by atoms with Crippen LogP contribution in [0, 0.1) is 5.82 Å². The maximum atomic E-state index is 13.5. The molecule has 4 heteroatoms. The third kappa shape index (κ3) is 3.18. The number of likely N-dealkylation sites (N-methyl/N-ethyl adjacent to an activating group) is 1. The molecule has 3 nitrogen and oxygen atoms in total. The summed E-state index contributed by atoms with van der Waals surface area (Å²) >= 11 is 0. The average Bonchev–Trinajstić information content (AvgIpc) is 2.21. The van der Waals surface area contributed by atoms with E-state index in [0.717, 1.165) is 0 Å². The Balaban J connectivity index is 2.82. The van der Waals surface area contributed by atoms with E-state index in [2.05, 4.69) is 0 Å². The van der Waals surface area contributed by atoms with Crippen LogP contribution in [-0.2, 0) is 6.54 Å². The second-order valence-electron chi connectivity index (χ2n) is 3.38. The van der Waals surface area contributed by atoms with Gasteiger partial charge in [-0.15, -0.1) is 0 Å². The molecule has 1 aromatic rings. The van der Waals surface area contributed by atoms with Crippen molar-refractivity contribution in [1.82, 2.24) is 4.90 Å². The third-order valence-corrected chi connectivity index (χ3v) is 2.21. The lowest BCUT2D eigenvalue weighted by Crippen LogP contribution is -2.22. The SMILES string of the molecule is COc1cccc(F)c1CN(C)CCO. The Morgan fingerprint density at radius 1 is 1.47 bits per heavy atom. The van der Waals surface area contributed by atoms with Crippen molar-refractivity contribution in [3.05, 3.63) is 29.6 Å². The van der Waals surface area contributed by atoms with Crippen molar-refractivity contribution in [3.8, 4) is 5.75 Å². The molecule has 15 heavy (non-hydrogen) atoms. The molecular weight excluding hydrogens is 197 g/mol. The van der Waals surface area contributed by atoms with Gasteiger partial charge in [-0.05, 0) is 19.2 Å². The lowest BCUT2D eigenvalue weighted by Gasteiger charge is -2.17. The van der Waals surface area contributed by atoms with E-state index in [4.69, 9.17) is 9.84 Å². The van der Waals surface area contributed by atoms with Crippen molar-refractivity contribution in [2.45, 2.75) is 6.54 Å². The standard InChI is InChI=1S/C11H16FNO2/c1-13(6-7-14)8-9-10(12)4-3-5-11(9)15-2/h3-5,14H,6-8H2,1-2H3. The Kier molecular flexibility index (Phi) is 4.52. The van der Waals surface area contributed by atoms with Crippen LogP contribution in [0.25, 0.3) is 0 Å². The first-order valence-corrected chi connectivity index (χ1v) is 4.79. The molecule has 0 aliphatic heterocycles. The van der Waals surface area contributed by atoms with E-state index >= 15 is 0 Å². The molecular formula is C11H16FNO2. The van der Waals surface area contributed by atoms with E-state index in [0.29, 0.717) is 24.4 Å². The monoisotopic (exact) mass is 213 g/mol. The fourth-order valence-electron chi connectivity index (χ4n) is 1.40. The molecule has 0 aliphatic carbocycles. The molecule has 0 unspecified atom stereocenters. The summed E-state index contributed by atoms with van der Waals surface area (Å²) in [4.78, 5) is 1.83. The van der Waals surface area contributed by atoms with Crippen LogP contribution >= 0.6 is 0 Å². The summed E-state index contributed by atoms with van der Waals surface area (Å²) in [5.74, 6) is 0.263. The Morgan fingerprint density at radius 2 is 2.20 bits per heavy atom. The van der Waals surface area contributed by atoms with Crippen LogP contribution in [0.15, 0.2) is 18.2 Å². The minimum atomic E-state index is -0.279. The highest BCUT2D eigenvalue weighted by Crippen LogP contribution is 2.22. The van der Waals surface area contributed by atoms with Crippen LogP contribution in [0.2, 0.25) is 0 Å². The van der Waals surface area contributed by atoms with E-state index in [1.807, 2.05) is 11.9 Å². The number of methoxy groups -OCH3 is 1. The Bertz CT molecular complexity index is 317. The van der Waals surface area contributed by atoms with Crippen LogP contribution in [0.3, 0.4) is 0 Å². The number of ether oxygens (including phenoxy) is 1. The summed E-state index contributed by atoms with van der Waals surface area (Å²) in [6.45, 7) is 1.00. The lowest BCUT2D eigenvalue weighted by molar-refractivity contribution is 0.214.